The summed E-state index contributed by atoms with van der Waals surface area (Å²) in [6.45, 7) is 7.04. The molecule has 6 nitrogen and oxygen atoms in total. The molecular weight excluding hydrogens is 380 g/mol. The summed E-state index contributed by atoms with van der Waals surface area (Å²) in [7, 11) is 2.96. The minimum Gasteiger partial charge on any atom is -0.445 e. The van der Waals surface area contributed by atoms with Crippen molar-refractivity contribution in [2.75, 3.05) is 14.1 Å². The molecule has 4 aliphatic carbocycles. The second kappa shape index (κ2) is 7.38. The highest BCUT2D eigenvalue weighted by atomic mass is 16.6. The molecule has 0 aliphatic heterocycles. The highest BCUT2D eigenvalue weighted by molar-refractivity contribution is 5.91. The molecular formula is C24H36N2O4. The van der Waals surface area contributed by atoms with Crippen LogP contribution in [-0.2, 0) is 9.53 Å². The van der Waals surface area contributed by atoms with E-state index in [9.17, 15) is 14.4 Å². The predicted octanol–water partition coefficient (Wildman–Crippen LogP) is 4.54. The predicted molar refractivity (Wildman–Crippen MR) is 114 cm³/mol. The zero-order valence-corrected chi connectivity index (χ0v) is 19.0. The summed E-state index contributed by atoms with van der Waals surface area (Å²) in [5, 5.41) is 2.47. The number of ketones is 1. The Morgan fingerprint density at radius 2 is 1.90 bits per heavy atom. The Labute approximate surface area is 179 Å². The van der Waals surface area contributed by atoms with Gasteiger partial charge in [-0.15, -0.1) is 0 Å². The van der Waals surface area contributed by atoms with Crippen molar-refractivity contribution in [2.24, 2.45) is 34.5 Å². The van der Waals surface area contributed by atoms with Gasteiger partial charge in [-0.2, -0.15) is 0 Å². The molecule has 4 rings (SSSR count). The number of carbonyl (C=O) groups is 3. The van der Waals surface area contributed by atoms with Crippen molar-refractivity contribution in [1.82, 2.24) is 10.2 Å². The number of ether oxygens (including phenoxy) is 1. The molecule has 7 atom stereocenters. The zero-order chi connectivity index (χ0) is 21.8. The van der Waals surface area contributed by atoms with Crippen LogP contribution >= 0.6 is 0 Å². The molecule has 0 aromatic rings. The van der Waals surface area contributed by atoms with Crippen LogP contribution in [0.4, 0.5) is 9.59 Å². The normalized spacial score (nSPS) is 42.4. The summed E-state index contributed by atoms with van der Waals surface area (Å²) < 4.78 is 5.90. The highest BCUT2D eigenvalue weighted by Crippen LogP contribution is 2.66. The van der Waals surface area contributed by atoms with E-state index in [1.807, 2.05) is 6.08 Å². The fourth-order valence-corrected chi connectivity index (χ4v) is 7.50. The largest absolute Gasteiger partial charge is 0.445 e. The molecule has 6 heteroatoms. The number of amides is 3. The van der Waals surface area contributed by atoms with Gasteiger partial charge in [0, 0.05) is 25.9 Å². The van der Waals surface area contributed by atoms with Gasteiger partial charge in [-0.25, -0.2) is 14.5 Å². The van der Waals surface area contributed by atoms with Crippen LogP contribution in [0.3, 0.4) is 0 Å². The van der Waals surface area contributed by atoms with Gasteiger partial charge in [-0.05, 0) is 73.7 Å². The Balaban J connectivity index is 1.56. The maximum atomic E-state index is 12.5. The molecule has 3 saturated carbocycles. The molecule has 166 valence electrons. The molecule has 1 N–H and O–H groups in total. The lowest BCUT2D eigenvalue weighted by atomic mass is 9.45. The average Bonchev–Trinajstić information content (AvgIpc) is 3.04. The maximum absolute atomic E-state index is 12.5. The van der Waals surface area contributed by atoms with Gasteiger partial charge in [0.05, 0.1) is 0 Å². The number of fused-ring (bicyclic) bond motifs is 5. The van der Waals surface area contributed by atoms with Crippen LogP contribution in [0.25, 0.3) is 0 Å². The van der Waals surface area contributed by atoms with E-state index in [-0.39, 0.29) is 16.9 Å². The Hall–Kier alpha value is -1.85. The van der Waals surface area contributed by atoms with Crippen LogP contribution in [0, 0.1) is 34.5 Å². The van der Waals surface area contributed by atoms with Crippen LogP contribution < -0.4 is 5.32 Å². The number of nitrogens with zero attached hydrogens (tertiary/aromatic N) is 1. The smallest absolute Gasteiger partial charge is 0.417 e. The van der Waals surface area contributed by atoms with Gasteiger partial charge >= 0.3 is 12.1 Å². The molecule has 0 saturated heterocycles. The number of hydrogen-bond acceptors (Lipinski definition) is 4. The third kappa shape index (κ3) is 3.09. The van der Waals surface area contributed by atoms with Gasteiger partial charge in [0.15, 0.2) is 5.78 Å². The van der Waals surface area contributed by atoms with Crippen molar-refractivity contribution >= 4 is 17.9 Å². The van der Waals surface area contributed by atoms with Crippen LogP contribution in [0.2, 0.25) is 0 Å². The molecule has 0 aromatic carbocycles. The summed E-state index contributed by atoms with van der Waals surface area (Å²) in [4.78, 5) is 37.4. The first-order chi connectivity index (χ1) is 14.1. The van der Waals surface area contributed by atoms with Crippen molar-refractivity contribution in [3.63, 3.8) is 0 Å². The van der Waals surface area contributed by atoms with E-state index in [0.717, 1.165) is 43.4 Å². The first-order valence-electron chi connectivity index (χ1n) is 11.5. The third-order valence-corrected chi connectivity index (χ3v) is 9.26. The number of rotatable bonds is 1. The lowest BCUT2D eigenvalue weighted by Crippen LogP contribution is -2.54. The van der Waals surface area contributed by atoms with Gasteiger partial charge in [-0.1, -0.05) is 26.3 Å². The number of carbonyl (C=O) groups excluding carboxylic acids is 3. The lowest BCUT2D eigenvalue weighted by Gasteiger charge is -2.59. The number of nitrogens with one attached hydrogen (secondary N) is 1. The molecule has 0 radical (unpaired) electrons. The van der Waals surface area contributed by atoms with Crippen molar-refractivity contribution in [1.29, 1.82) is 0 Å². The van der Waals surface area contributed by atoms with Crippen LogP contribution in [0.1, 0.15) is 65.7 Å². The second-order valence-corrected chi connectivity index (χ2v) is 10.6. The number of imide groups is 1. The SMILES string of the molecule is CNC(=O)N(C)C(=O)O[C@H]1CCC2C3C(CC[C@@]21C)[C@@]1(C)CCC(=O)C=C1C[C@H]3C. The summed E-state index contributed by atoms with van der Waals surface area (Å²) >= 11 is 0. The first-order valence-corrected chi connectivity index (χ1v) is 11.5. The molecule has 3 fully saturated rings. The number of allylic oxidation sites excluding steroid dienone is 1. The average molecular weight is 417 g/mol. The van der Waals surface area contributed by atoms with Crippen LogP contribution in [0.5, 0.6) is 0 Å². The van der Waals surface area contributed by atoms with E-state index in [2.05, 4.69) is 26.1 Å². The van der Waals surface area contributed by atoms with Crippen molar-refractivity contribution in [2.45, 2.75) is 71.8 Å². The van der Waals surface area contributed by atoms with Crippen molar-refractivity contribution in [3.8, 4) is 0 Å². The zero-order valence-electron chi connectivity index (χ0n) is 19.0. The fraction of sp³-hybridized carbons (Fsp3) is 0.792. The van der Waals surface area contributed by atoms with E-state index < -0.39 is 12.1 Å². The number of hydrogen-bond donors (Lipinski definition) is 1. The Morgan fingerprint density at radius 1 is 1.17 bits per heavy atom. The molecule has 4 aliphatic rings. The quantitative estimate of drug-likeness (QED) is 0.681. The molecule has 0 bridgehead atoms. The molecule has 0 aromatic heterocycles. The standard InChI is InChI=1S/C24H36N2O4/c1-14-12-15-13-16(27)8-10-23(15,2)18-9-11-24(3)17(20(14)18)6-7-19(24)30-22(29)26(5)21(28)25-4/h13-14,17-20H,6-12H2,1-5H3,(H,25,28)/t14-,17?,18?,19+,20?,23+,24+/m1/s1. The van der Waals surface area contributed by atoms with E-state index in [1.165, 1.54) is 19.7 Å². The highest BCUT2D eigenvalue weighted by Gasteiger charge is 2.61. The Bertz CT molecular complexity index is 792. The van der Waals surface area contributed by atoms with E-state index >= 15 is 0 Å². The minimum absolute atomic E-state index is 0.0450. The number of urea groups is 1. The molecule has 0 spiro atoms. The van der Waals surface area contributed by atoms with Crippen LogP contribution in [0.15, 0.2) is 11.6 Å². The Morgan fingerprint density at radius 3 is 2.60 bits per heavy atom. The van der Waals surface area contributed by atoms with Gasteiger partial charge < -0.3 is 10.1 Å². The molecule has 3 unspecified atom stereocenters. The fourth-order valence-electron chi connectivity index (χ4n) is 7.50. The lowest BCUT2D eigenvalue weighted by molar-refractivity contribution is -0.119. The third-order valence-electron chi connectivity index (χ3n) is 9.26. The molecule has 30 heavy (non-hydrogen) atoms. The van der Waals surface area contributed by atoms with Gasteiger partial charge in [-0.3, -0.25) is 4.79 Å². The van der Waals surface area contributed by atoms with E-state index in [1.54, 1.807) is 0 Å². The second-order valence-electron chi connectivity index (χ2n) is 10.6. The van der Waals surface area contributed by atoms with Crippen molar-refractivity contribution < 1.29 is 19.1 Å². The minimum atomic E-state index is -0.567. The van der Waals surface area contributed by atoms with E-state index in [0.29, 0.717) is 35.9 Å². The Kier molecular flexibility index (Phi) is 5.26. The maximum Gasteiger partial charge on any atom is 0.417 e. The van der Waals surface area contributed by atoms with Gasteiger partial charge in [0.25, 0.3) is 0 Å². The summed E-state index contributed by atoms with van der Waals surface area (Å²) in [5.41, 5.74) is 1.47. The van der Waals surface area contributed by atoms with Crippen LogP contribution in [-0.4, -0.2) is 43.0 Å². The first kappa shape index (κ1) is 21.4. The van der Waals surface area contributed by atoms with Gasteiger partial charge in [0.2, 0.25) is 0 Å². The van der Waals surface area contributed by atoms with Gasteiger partial charge in [0.1, 0.15) is 6.10 Å². The summed E-state index contributed by atoms with van der Waals surface area (Å²) in [5.74, 6) is 2.54. The monoisotopic (exact) mass is 416 g/mol. The molecule has 3 amide bonds. The topological polar surface area (TPSA) is 75.7 Å². The van der Waals surface area contributed by atoms with E-state index in [4.69, 9.17) is 4.74 Å². The summed E-state index contributed by atoms with van der Waals surface area (Å²) in [6.07, 6.45) is 7.98. The van der Waals surface area contributed by atoms with Crippen molar-refractivity contribution in [3.05, 3.63) is 11.6 Å². The summed E-state index contributed by atoms with van der Waals surface area (Å²) in [6, 6.07) is -0.455. The molecule has 0 heterocycles.